The Kier molecular flexibility index (Phi) is 5.87. The Morgan fingerprint density at radius 1 is 1.05 bits per heavy atom. The highest BCUT2D eigenvalue weighted by molar-refractivity contribution is 5.96. The maximum absolute atomic E-state index is 11.8. The van der Waals surface area contributed by atoms with Gasteiger partial charge in [-0.25, -0.2) is 0 Å². The van der Waals surface area contributed by atoms with Crippen molar-refractivity contribution in [3.8, 4) is 11.5 Å². The lowest BCUT2D eigenvalue weighted by atomic mass is 10.1. The van der Waals surface area contributed by atoms with Crippen LogP contribution in [0.15, 0.2) is 18.2 Å². The molecule has 0 aliphatic rings. The van der Waals surface area contributed by atoms with Crippen LogP contribution in [0, 0.1) is 0 Å². The van der Waals surface area contributed by atoms with Crippen molar-refractivity contribution >= 4 is 5.78 Å². The summed E-state index contributed by atoms with van der Waals surface area (Å²) in [7, 11) is 0. The number of ether oxygens (including phenoxy) is 2. The van der Waals surface area contributed by atoms with Gasteiger partial charge in [-0.2, -0.15) is 0 Å². The van der Waals surface area contributed by atoms with Crippen molar-refractivity contribution in [1.82, 2.24) is 0 Å². The van der Waals surface area contributed by atoms with Crippen LogP contribution in [0.25, 0.3) is 0 Å². The second-order valence-corrected chi connectivity index (χ2v) is 4.97. The standard InChI is InChI=1S/C16H24O3/c1-6-12(5)19-15-9-13(16(17)7-2)8-14(10-15)18-11(3)4/h8-12H,6-7H2,1-5H3. The molecule has 106 valence electrons. The fourth-order valence-corrected chi connectivity index (χ4v) is 1.66. The van der Waals surface area contributed by atoms with E-state index in [-0.39, 0.29) is 18.0 Å². The molecule has 1 unspecified atom stereocenters. The van der Waals surface area contributed by atoms with Crippen LogP contribution in [0.4, 0.5) is 0 Å². The van der Waals surface area contributed by atoms with Crippen molar-refractivity contribution in [3.05, 3.63) is 23.8 Å². The molecule has 3 nitrogen and oxygen atoms in total. The molecular formula is C16H24O3. The third kappa shape index (κ3) is 4.93. The molecule has 1 aromatic rings. The van der Waals surface area contributed by atoms with Gasteiger partial charge in [-0.05, 0) is 39.3 Å². The summed E-state index contributed by atoms with van der Waals surface area (Å²) in [5.74, 6) is 1.49. The highest BCUT2D eigenvalue weighted by Gasteiger charge is 2.11. The molecule has 0 fully saturated rings. The van der Waals surface area contributed by atoms with E-state index in [2.05, 4.69) is 6.92 Å². The molecule has 3 heteroatoms. The van der Waals surface area contributed by atoms with Crippen LogP contribution in [-0.2, 0) is 0 Å². The average Bonchev–Trinajstić information content (AvgIpc) is 2.36. The van der Waals surface area contributed by atoms with E-state index in [0.29, 0.717) is 23.5 Å². The monoisotopic (exact) mass is 264 g/mol. The van der Waals surface area contributed by atoms with Gasteiger partial charge in [-0.15, -0.1) is 0 Å². The highest BCUT2D eigenvalue weighted by Crippen LogP contribution is 2.26. The molecular weight excluding hydrogens is 240 g/mol. The predicted octanol–water partition coefficient (Wildman–Crippen LogP) is 4.24. The van der Waals surface area contributed by atoms with Crippen LogP contribution in [-0.4, -0.2) is 18.0 Å². The molecule has 0 aliphatic heterocycles. The summed E-state index contributed by atoms with van der Waals surface area (Å²) < 4.78 is 11.5. The first-order valence-electron chi connectivity index (χ1n) is 6.97. The lowest BCUT2D eigenvalue weighted by Gasteiger charge is -2.16. The van der Waals surface area contributed by atoms with Crippen LogP contribution in [0.2, 0.25) is 0 Å². The molecule has 0 aromatic heterocycles. The van der Waals surface area contributed by atoms with Gasteiger partial charge >= 0.3 is 0 Å². The summed E-state index contributed by atoms with van der Waals surface area (Å²) >= 11 is 0. The number of benzene rings is 1. The van der Waals surface area contributed by atoms with Crippen LogP contribution >= 0.6 is 0 Å². The maximum Gasteiger partial charge on any atom is 0.162 e. The second-order valence-electron chi connectivity index (χ2n) is 4.97. The number of ketones is 1. The Balaban J connectivity index is 3.04. The summed E-state index contributed by atoms with van der Waals surface area (Å²) in [5, 5.41) is 0. The zero-order chi connectivity index (χ0) is 14.4. The third-order valence-corrected chi connectivity index (χ3v) is 2.81. The van der Waals surface area contributed by atoms with Gasteiger partial charge in [-0.1, -0.05) is 13.8 Å². The van der Waals surface area contributed by atoms with Crippen LogP contribution in [0.1, 0.15) is 57.8 Å². The van der Waals surface area contributed by atoms with Gasteiger partial charge in [0.25, 0.3) is 0 Å². The minimum absolute atomic E-state index is 0.0726. The Morgan fingerprint density at radius 2 is 1.63 bits per heavy atom. The first-order chi connectivity index (χ1) is 8.96. The Hall–Kier alpha value is -1.51. The molecule has 0 N–H and O–H groups in total. The number of hydrogen-bond acceptors (Lipinski definition) is 3. The van der Waals surface area contributed by atoms with Crippen molar-refractivity contribution in [1.29, 1.82) is 0 Å². The van der Waals surface area contributed by atoms with Crippen molar-refractivity contribution in [2.45, 2.75) is 59.7 Å². The predicted molar refractivity (Wildman–Crippen MR) is 77.2 cm³/mol. The molecule has 0 saturated carbocycles. The minimum Gasteiger partial charge on any atom is -0.491 e. The van der Waals surface area contributed by atoms with E-state index in [9.17, 15) is 4.79 Å². The van der Waals surface area contributed by atoms with Crippen LogP contribution in [0.3, 0.4) is 0 Å². The van der Waals surface area contributed by atoms with E-state index in [1.54, 1.807) is 12.1 Å². The topological polar surface area (TPSA) is 35.5 Å². The summed E-state index contributed by atoms with van der Waals surface area (Å²) in [4.78, 5) is 11.8. The first-order valence-corrected chi connectivity index (χ1v) is 6.97. The summed E-state index contributed by atoms with van der Waals surface area (Å²) in [6.45, 7) is 9.86. The van der Waals surface area contributed by atoms with Crippen molar-refractivity contribution in [2.75, 3.05) is 0 Å². The molecule has 0 spiro atoms. The maximum atomic E-state index is 11.8. The SMILES string of the molecule is CCC(=O)c1cc(OC(C)C)cc(OC(C)CC)c1. The molecule has 0 bridgehead atoms. The van der Waals surface area contributed by atoms with Crippen molar-refractivity contribution in [2.24, 2.45) is 0 Å². The summed E-state index contributed by atoms with van der Waals surface area (Å²) in [6.07, 6.45) is 1.60. The van der Waals surface area contributed by atoms with Gasteiger partial charge in [0.2, 0.25) is 0 Å². The number of rotatable bonds is 7. The molecule has 0 amide bonds. The van der Waals surface area contributed by atoms with Gasteiger partial charge in [0.15, 0.2) is 5.78 Å². The Bertz CT molecular complexity index is 424. The van der Waals surface area contributed by atoms with Gasteiger partial charge in [0.1, 0.15) is 11.5 Å². The van der Waals surface area contributed by atoms with Crippen LogP contribution < -0.4 is 9.47 Å². The van der Waals surface area contributed by atoms with Crippen LogP contribution in [0.5, 0.6) is 11.5 Å². The fraction of sp³-hybridized carbons (Fsp3) is 0.562. The molecule has 1 atom stereocenters. The van der Waals surface area contributed by atoms with Gasteiger partial charge < -0.3 is 9.47 Å². The van der Waals surface area contributed by atoms with E-state index in [1.165, 1.54) is 0 Å². The second kappa shape index (κ2) is 7.17. The van der Waals surface area contributed by atoms with Crippen molar-refractivity contribution < 1.29 is 14.3 Å². The zero-order valence-corrected chi connectivity index (χ0v) is 12.5. The number of Topliss-reactive ketones (excluding diaryl/α,β-unsaturated/α-hetero) is 1. The molecule has 1 aromatic carbocycles. The van der Waals surface area contributed by atoms with Gasteiger partial charge in [0.05, 0.1) is 12.2 Å². The molecule has 1 rings (SSSR count). The molecule has 19 heavy (non-hydrogen) atoms. The lowest BCUT2D eigenvalue weighted by Crippen LogP contribution is -2.11. The number of carbonyl (C=O) groups excluding carboxylic acids is 1. The largest absolute Gasteiger partial charge is 0.491 e. The number of carbonyl (C=O) groups is 1. The summed E-state index contributed by atoms with van der Waals surface area (Å²) in [6, 6.07) is 5.43. The van der Waals surface area contributed by atoms with Crippen molar-refractivity contribution in [3.63, 3.8) is 0 Å². The van der Waals surface area contributed by atoms with Gasteiger partial charge in [0, 0.05) is 18.1 Å². The minimum atomic E-state index is 0.0726. The van der Waals surface area contributed by atoms with Gasteiger partial charge in [-0.3, -0.25) is 4.79 Å². The Labute approximate surface area is 115 Å². The lowest BCUT2D eigenvalue weighted by molar-refractivity contribution is 0.0986. The van der Waals surface area contributed by atoms with E-state index in [4.69, 9.17) is 9.47 Å². The smallest absolute Gasteiger partial charge is 0.162 e. The fourth-order valence-electron chi connectivity index (χ4n) is 1.66. The van der Waals surface area contributed by atoms with E-state index < -0.39 is 0 Å². The average molecular weight is 264 g/mol. The quantitative estimate of drug-likeness (QED) is 0.691. The number of hydrogen-bond donors (Lipinski definition) is 0. The highest BCUT2D eigenvalue weighted by atomic mass is 16.5. The normalized spacial score (nSPS) is 12.3. The summed E-state index contributed by atoms with van der Waals surface area (Å²) in [5.41, 5.74) is 0.652. The molecule has 0 aliphatic carbocycles. The van der Waals surface area contributed by atoms with E-state index >= 15 is 0 Å². The molecule has 0 radical (unpaired) electrons. The Morgan fingerprint density at radius 3 is 2.11 bits per heavy atom. The first kappa shape index (κ1) is 15.5. The zero-order valence-electron chi connectivity index (χ0n) is 12.5. The molecule has 0 saturated heterocycles. The molecule has 0 heterocycles. The third-order valence-electron chi connectivity index (χ3n) is 2.81. The van der Waals surface area contributed by atoms with E-state index in [0.717, 1.165) is 6.42 Å². The van der Waals surface area contributed by atoms with E-state index in [1.807, 2.05) is 33.8 Å².